The predicted octanol–water partition coefficient (Wildman–Crippen LogP) is 4.36. The van der Waals surface area contributed by atoms with Gasteiger partial charge in [0.15, 0.2) is 12.6 Å². The highest BCUT2D eigenvalue weighted by molar-refractivity contribution is 14.0. The Balaban J connectivity index is 0.00000385. The molecule has 0 spiro atoms. The number of alkyl halides is 3. The molecule has 2 atom stereocenters. The van der Waals surface area contributed by atoms with Crippen LogP contribution in [-0.2, 0) is 13.1 Å². The first kappa shape index (κ1) is 27.2. The molecule has 1 saturated heterocycles. The highest BCUT2D eigenvalue weighted by Gasteiger charge is 2.29. The third kappa shape index (κ3) is 9.00. The molecule has 1 aliphatic heterocycles. The van der Waals surface area contributed by atoms with E-state index >= 15 is 0 Å². The standard InChI is InChI=1S/C23H30F3N5O.HI/c1-17-13-20(10-12-31(17)15-18-7-4-3-5-8-18)30-22(27-2)29-14-19-9-6-11-28-21(19)32-16-23(24,25)26;/h3-9,11,17,20H,10,12-16H2,1-2H3,(H2,27,29,30);1H. The van der Waals surface area contributed by atoms with Crippen LogP contribution < -0.4 is 15.4 Å². The Bertz CT molecular complexity index is 882. The predicted molar refractivity (Wildman–Crippen MR) is 134 cm³/mol. The molecule has 0 bridgehead atoms. The summed E-state index contributed by atoms with van der Waals surface area (Å²) in [4.78, 5) is 10.7. The Morgan fingerprint density at radius 1 is 1.21 bits per heavy atom. The number of ether oxygens (including phenoxy) is 1. The van der Waals surface area contributed by atoms with Gasteiger partial charge in [0.2, 0.25) is 5.88 Å². The van der Waals surface area contributed by atoms with Crippen LogP contribution in [0.15, 0.2) is 53.7 Å². The Kier molecular flexibility index (Phi) is 10.7. The van der Waals surface area contributed by atoms with Crippen molar-refractivity contribution in [2.45, 2.75) is 51.1 Å². The maximum atomic E-state index is 12.5. The molecule has 33 heavy (non-hydrogen) atoms. The number of pyridine rings is 1. The van der Waals surface area contributed by atoms with E-state index < -0.39 is 12.8 Å². The summed E-state index contributed by atoms with van der Waals surface area (Å²) in [5, 5.41) is 6.60. The number of benzene rings is 1. The highest BCUT2D eigenvalue weighted by Crippen LogP contribution is 2.21. The van der Waals surface area contributed by atoms with Crippen molar-refractivity contribution in [1.29, 1.82) is 0 Å². The van der Waals surface area contributed by atoms with E-state index in [1.54, 1.807) is 19.2 Å². The first-order valence-electron chi connectivity index (χ1n) is 10.7. The molecule has 3 rings (SSSR count). The maximum Gasteiger partial charge on any atom is 0.422 e. The number of nitrogens with one attached hydrogen (secondary N) is 2. The average molecular weight is 577 g/mol. The van der Waals surface area contributed by atoms with Crippen molar-refractivity contribution in [2.24, 2.45) is 4.99 Å². The fourth-order valence-corrected chi connectivity index (χ4v) is 3.81. The third-order valence-electron chi connectivity index (χ3n) is 5.48. The van der Waals surface area contributed by atoms with E-state index in [0.717, 1.165) is 25.9 Å². The summed E-state index contributed by atoms with van der Waals surface area (Å²) < 4.78 is 42.3. The second-order valence-electron chi connectivity index (χ2n) is 7.97. The second kappa shape index (κ2) is 13.0. The Hall–Kier alpha value is -2.08. The summed E-state index contributed by atoms with van der Waals surface area (Å²) in [6, 6.07) is 14.5. The molecule has 6 nitrogen and oxygen atoms in total. The molecule has 2 N–H and O–H groups in total. The van der Waals surface area contributed by atoms with Crippen LogP contribution in [0, 0.1) is 0 Å². The molecule has 0 aliphatic carbocycles. The van der Waals surface area contributed by atoms with Gasteiger partial charge in [0.05, 0.1) is 0 Å². The van der Waals surface area contributed by atoms with Gasteiger partial charge in [0.1, 0.15) is 0 Å². The first-order valence-corrected chi connectivity index (χ1v) is 10.7. The summed E-state index contributed by atoms with van der Waals surface area (Å²) in [6.07, 6.45) is -1.05. The zero-order valence-corrected chi connectivity index (χ0v) is 21.1. The second-order valence-corrected chi connectivity index (χ2v) is 7.97. The van der Waals surface area contributed by atoms with E-state index in [2.05, 4.69) is 56.7 Å². The van der Waals surface area contributed by atoms with Crippen LogP contribution in [0.4, 0.5) is 13.2 Å². The SMILES string of the molecule is CN=C(NCc1cccnc1OCC(F)(F)F)NC1CCN(Cc2ccccc2)C(C)C1.I. The van der Waals surface area contributed by atoms with Crippen LogP contribution >= 0.6 is 24.0 Å². The number of hydrogen-bond acceptors (Lipinski definition) is 4. The quantitative estimate of drug-likeness (QED) is 0.291. The number of halogens is 4. The minimum Gasteiger partial charge on any atom is -0.468 e. The minimum atomic E-state index is -4.41. The number of likely N-dealkylation sites (tertiary alicyclic amines) is 1. The Morgan fingerprint density at radius 2 is 1.97 bits per heavy atom. The fourth-order valence-electron chi connectivity index (χ4n) is 3.81. The monoisotopic (exact) mass is 577 g/mol. The van der Waals surface area contributed by atoms with Crippen molar-refractivity contribution in [2.75, 3.05) is 20.2 Å². The van der Waals surface area contributed by atoms with Crippen molar-refractivity contribution >= 4 is 29.9 Å². The number of hydrogen-bond donors (Lipinski definition) is 2. The molecule has 2 unspecified atom stereocenters. The Labute approximate surface area is 210 Å². The molecule has 0 saturated carbocycles. The van der Waals surface area contributed by atoms with Gasteiger partial charge in [-0.25, -0.2) is 4.98 Å². The molecule has 182 valence electrons. The summed E-state index contributed by atoms with van der Waals surface area (Å²) >= 11 is 0. The van der Waals surface area contributed by atoms with Gasteiger partial charge < -0.3 is 15.4 Å². The highest BCUT2D eigenvalue weighted by atomic mass is 127. The zero-order chi connectivity index (χ0) is 23.0. The van der Waals surface area contributed by atoms with Gasteiger partial charge in [-0.3, -0.25) is 9.89 Å². The van der Waals surface area contributed by atoms with E-state index in [-0.39, 0.29) is 42.4 Å². The van der Waals surface area contributed by atoms with Crippen molar-refractivity contribution in [3.05, 3.63) is 59.8 Å². The average Bonchev–Trinajstić information content (AvgIpc) is 2.77. The minimum absolute atomic E-state index is 0. The number of aromatic nitrogens is 1. The van der Waals surface area contributed by atoms with Crippen molar-refractivity contribution in [1.82, 2.24) is 20.5 Å². The summed E-state index contributed by atoms with van der Waals surface area (Å²) in [6.45, 7) is 3.02. The summed E-state index contributed by atoms with van der Waals surface area (Å²) in [5.74, 6) is 0.569. The van der Waals surface area contributed by atoms with Crippen LogP contribution in [0.5, 0.6) is 5.88 Å². The van der Waals surface area contributed by atoms with Crippen molar-refractivity contribution in [3.63, 3.8) is 0 Å². The van der Waals surface area contributed by atoms with Crippen molar-refractivity contribution in [3.8, 4) is 5.88 Å². The van der Waals surface area contributed by atoms with E-state index in [1.807, 2.05) is 6.07 Å². The topological polar surface area (TPSA) is 61.8 Å². The number of aliphatic imine (C=N–C) groups is 1. The van der Waals surface area contributed by atoms with Gasteiger partial charge in [-0.2, -0.15) is 13.2 Å². The van der Waals surface area contributed by atoms with E-state index in [4.69, 9.17) is 4.74 Å². The zero-order valence-electron chi connectivity index (χ0n) is 18.8. The van der Waals surface area contributed by atoms with Gasteiger partial charge in [-0.15, -0.1) is 24.0 Å². The van der Waals surface area contributed by atoms with Crippen LogP contribution in [-0.4, -0.2) is 54.3 Å². The van der Waals surface area contributed by atoms with Gasteiger partial charge in [0, 0.05) is 50.5 Å². The fraction of sp³-hybridized carbons (Fsp3) is 0.478. The Morgan fingerprint density at radius 3 is 2.64 bits per heavy atom. The lowest BCUT2D eigenvalue weighted by molar-refractivity contribution is -0.154. The lowest BCUT2D eigenvalue weighted by Crippen LogP contribution is -2.51. The maximum absolute atomic E-state index is 12.5. The molecule has 0 amide bonds. The molecular weight excluding hydrogens is 546 g/mol. The van der Waals surface area contributed by atoms with E-state index in [1.165, 1.54) is 11.8 Å². The number of nitrogens with zero attached hydrogens (tertiary/aromatic N) is 3. The normalized spacial score (nSPS) is 19.5. The molecule has 10 heteroatoms. The summed E-state index contributed by atoms with van der Waals surface area (Å²) in [5.41, 5.74) is 1.84. The third-order valence-corrected chi connectivity index (χ3v) is 5.48. The molecule has 1 aromatic heterocycles. The molecule has 2 heterocycles. The van der Waals surface area contributed by atoms with Crippen molar-refractivity contribution < 1.29 is 17.9 Å². The van der Waals surface area contributed by atoms with Gasteiger partial charge >= 0.3 is 6.18 Å². The van der Waals surface area contributed by atoms with Crippen LogP contribution in [0.1, 0.15) is 30.9 Å². The molecule has 1 aromatic carbocycles. The first-order chi connectivity index (χ1) is 15.3. The number of rotatable bonds is 7. The summed E-state index contributed by atoms with van der Waals surface area (Å²) in [7, 11) is 1.67. The molecule has 0 radical (unpaired) electrons. The van der Waals surface area contributed by atoms with Crippen LogP contribution in [0.3, 0.4) is 0 Å². The molecular formula is C23H31F3IN5O. The van der Waals surface area contributed by atoms with Gasteiger partial charge in [-0.05, 0) is 31.4 Å². The van der Waals surface area contributed by atoms with Gasteiger partial charge in [0.25, 0.3) is 0 Å². The molecule has 1 aliphatic rings. The smallest absolute Gasteiger partial charge is 0.422 e. The van der Waals surface area contributed by atoms with E-state index in [0.29, 0.717) is 17.6 Å². The number of guanidine groups is 1. The van der Waals surface area contributed by atoms with E-state index in [9.17, 15) is 13.2 Å². The van der Waals surface area contributed by atoms with Gasteiger partial charge in [-0.1, -0.05) is 36.4 Å². The van der Waals surface area contributed by atoms with Crippen LogP contribution in [0.25, 0.3) is 0 Å². The van der Waals surface area contributed by atoms with Crippen LogP contribution in [0.2, 0.25) is 0 Å². The molecule has 2 aromatic rings. The largest absolute Gasteiger partial charge is 0.468 e. The molecule has 1 fully saturated rings. The lowest BCUT2D eigenvalue weighted by atomic mass is 9.97. The lowest BCUT2D eigenvalue weighted by Gasteiger charge is -2.38. The number of piperidine rings is 1.